The highest BCUT2D eigenvalue weighted by Gasteiger charge is 2.27. The minimum atomic E-state index is -0.784. The van der Waals surface area contributed by atoms with Gasteiger partial charge in [-0.3, -0.25) is 0 Å². The topological polar surface area (TPSA) is 3.24 Å². The number of hydrogen-bond acceptors (Lipinski definition) is 4. The van der Waals surface area contributed by atoms with Crippen LogP contribution in [-0.2, 0) is 17.3 Å². The molecule has 0 atom stereocenters. The molecular formula is C39H30NPS3. The highest BCUT2D eigenvalue weighted by Crippen LogP contribution is 2.49. The van der Waals surface area contributed by atoms with E-state index in [2.05, 4.69) is 150 Å². The summed E-state index contributed by atoms with van der Waals surface area (Å²) in [4.78, 5) is 6.39. The summed E-state index contributed by atoms with van der Waals surface area (Å²) in [7, 11) is -0.784. The fourth-order valence-corrected chi connectivity index (χ4v) is 12.4. The molecule has 0 fully saturated rings. The van der Waals surface area contributed by atoms with Gasteiger partial charge in [0.1, 0.15) is 0 Å². The summed E-state index contributed by atoms with van der Waals surface area (Å²) in [6, 6.07) is 54.5. The van der Waals surface area contributed by atoms with Crippen molar-refractivity contribution in [2.45, 2.75) is 31.9 Å². The van der Waals surface area contributed by atoms with E-state index in [1.165, 1.54) is 64.4 Å². The van der Waals surface area contributed by atoms with E-state index in [-0.39, 0.29) is 0 Å². The number of anilines is 3. The Hall–Kier alpha value is -3.40. The van der Waals surface area contributed by atoms with Gasteiger partial charge >= 0.3 is 0 Å². The molecule has 0 amide bonds. The van der Waals surface area contributed by atoms with Crippen molar-refractivity contribution in [3.63, 3.8) is 0 Å². The van der Waals surface area contributed by atoms with Crippen molar-refractivity contribution in [3.8, 4) is 0 Å². The molecule has 0 aliphatic carbocycles. The number of rotatable bonds is 0. The summed E-state index contributed by atoms with van der Waals surface area (Å²) in [5.74, 6) is 2.74. The minimum absolute atomic E-state index is 0.784. The molecule has 1 nitrogen and oxygen atoms in total. The third-order valence-electron chi connectivity index (χ3n) is 8.17. The molecule has 44 heavy (non-hydrogen) atoms. The van der Waals surface area contributed by atoms with Gasteiger partial charge in [-0.2, -0.15) is 0 Å². The summed E-state index contributed by atoms with van der Waals surface area (Å²) >= 11 is 5.85. The van der Waals surface area contributed by atoms with Gasteiger partial charge in [-0.05, 0) is 76.9 Å². The third-order valence-corrected chi connectivity index (χ3v) is 14.3. The summed E-state index contributed by atoms with van der Waals surface area (Å²) in [6.07, 6.45) is 0. The largest absolute Gasteiger partial charge is 0.307 e. The Morgan fingerprint density at radius 3 is 1.02 bits per heavy atom. The van der Waals surface area contributed by atoms with Crippen molar-refractivity contribution < 1.29 is 0 Å². The molecule has 2 bridgehead atoms. The molecule has 0 radical (unpaired) electrons. The van der Waals surface area contributed by atoms with E-state index in [1.807, 2.05) is 35.3 Å². The van der Waals surface area contributed by atoms with E-state index in [0.717, 1.165) is 17.3 Å². The number of fused-ring (bicyclic) bond motifs is 3. The first-order chi connectivity index (χ1) is 21.8. The Kier molecular flexibility index (Phi) is 8.01. The van der Waals surface area contributed by atoms with Gasteiger partial charge in [0.2, 0.25) is 0 Å². The average molecular weight is 640 g/mol. The summed E-state index contributed by atoms with van der Waals surface area (Å²) in [5, 5.41) is 4.40. The maximum atomic E-state index is 2.52. The van der Waals surface area contributed by atoms with E-state index in [1.54, 1.807) is 0 Å². The normalized spacial score (nSPS) is 14.6. The highest BCUT2D eigenvalue weighted by molar-refractivity contribution is 7.99. The SMILES string of the molecule is c1ccc2c(c1)CSc1ccccc1N1c3ccccc3SCc3ccccc3P2c2ccccc2CSc2ccccc21. The van der Waals surface area contributed by atoms with Crippen LogP contribution in [0.25, 0.3) is 0 Å². The van der Waals surface area contributed by atoms with Gasteiger partial charge in [0.05, 0.1) is 17.1 Å². The average Bonchev–Trinajstić information content (AvgIpc) is 3.08. The Morgan fingerprint density at radius 1 is 0.364 bits per heavy atom. The second kappa shape index (κ2) is 12.5. The zero-order valence-electron chi connectivity index (χ0n) is 24.1. The number of para-hydroxylation sites is 3. The van der Waals surface area contributed by atoms with Crippen LogP contribution in [0.5, 0.6) is 0 Å². The van der Waals surface area contributed by atoms with Crippen LogP contribution >= 0.6 is 43.2 Å². The van der Waals surface area contributed by atoms with Gasteiger partial charge < -0.3 is 4.90 Å². The van der Waals surface area contributed by atoms with Crippen molar-refractivity contribution in [2.24, 2.45) is 0 Å². The second-order valence-corrected chi connectivity index (χ2v) is 16.0. The molecule has 6 aromatic carbocycles. The van der Waals surface area contributed by atoms with Gasteiger partial charge in [0, 0.05) is 31.9 Å². The summed E-state index contributed by atoms with van der Waals surface area (Å²) < 4.78 is 0. The lowest BCUT2D eigenvalue weighted by atomic mass is 10.2. The highest BCUT2D eigenvalue weighted by atomic mass is 32.2. The van der Waals surface area contributed by atoms with Crippen LogP contribution in [-0.4, -0.2) is 0 Å². The first-order valence-electron chi connectivity index (χ1n) is 14.8. The predicted octanol–water partition coefficient (Wildman–Crippen LogP) is 10.4. The Labute approximate surface area is 273 Å². The number of thioether (sulfide) groups is 3. The van der Waals surface area contributed by atoms with Gasteiger partial charge in [0.25, 0.3) is 0 Å². The van der Waals surface area contributed by atoms with E-state index in [4.69, 9.17) is 0 Å². The van der Waals surface area contributed by atoms with Gasteiger partial charge in [-0.1, -0.05) is 109 Å². The van der Waals surface area contributed by atoms with Crippen molar-refractivity contribution in [3.05, 3.63) is 162 Å². The zero-order valence-corrected chi connectivity index (χ0v) is 27.4. The molecule has 3 aliphatic rings. The fraction of sp³-hybridized carbons (Fsp3) is 0.0769. The lowest BCUT2D eigenvalue weighted by Crippen LogP contribution is -2.27. The van der Waals surface area contributed by atoms with Crippen molar-refractivity contribution in [1.82, 2.24) is 0 Å². The monoisotopic (exact) mass is 639 g/mol. The molecule has 9 rings (SSSR count). The molecule has 0 aromatic heterocycles. The number of hydrogen-bond donors (Lipinski definition) is 0. The maximum Gasteiger partial charge on any atom is 0.0598 e. The predicted molar refractivity (Wildman–Crippen MR) is 195 cm³/mol. The van der Waals surface area contributed by atoms with Crippen molar-refractivity contribution >= 4 is 76.2 Å². The van der Waals surface area contributed by atoms with E-state index in [0.29, 0.717) is 0 Å². The molecule has 3 aliphatic heterocycles. The van der Waals surface area contributed by atoms with Crippen molar-refractivity contribution in [1.29, 1.82) is 0 Å². The van der Waals surface area contributed by atoms with E-state index < -0.39 is 7.92 Å². The minimum Gasteiger partial charge on any atom is -0.307 e. The van der Waals surface area contributed by atoms with E-state index in [9.17, 15) is 0 Å². The first kappa shape index (κ1) is 28.1. The molecule has 0 N–H and O–H groups in total. The Bertz CT molecular complexity index is 1600. The van der Waals surface area contributed by atoms with Crippen LogP contribution in [0.4, 0.5) is 17.1 Å². The van der Waals surface area contributed by atoms with Gasteiger partial charge in [-0.15, -0.1) is 35.3 Å². The first-order valence-corrected chi connectivity index (χ1v) is 19.1. The third kappa shape index (κ3) is 5.29. The van der Waals surface area contributed by atoms with Crippen LogP contribution in [0.3, 0.4) is 0 Å². The molecule has 6 aromatic rings. The summed E-state index contributed by atoms with van der Waals surface area (Å²) in [5.41, 5.74) is 7.95. The van der Waals surface area contributed by atoms with Crippen LogP contribution in [0.2, 0.25) is 0 Å². The Morgan fingerprint density at radius 2 is 0.659 bits per heavy atom. The standard InChI is InChI=1S/C39H30NPS3/c1-7-19-34-28(13-1)25-42-37-22-10-4-16-31(37)40-32-17-5-11-23-38(32)43-26-29-14-2-8-20-35(29)41(34)36-21-9-3-15-30(36)27-44-39-24-12-6-18-33(39)40/h1-24H,25-27H2. The molecular weight excluding hydrogens is 610 g/mol. The molecule has 0 unspecified atom stereocenters. The lowest BCUT2D eigenvalue weighted by Gasteiger charge is -2.32. The molecule has 0 spiro atoms. The van der Waals surface area contributed by atoms with Crippen LogP contribution in [0.15, 0.2) is 160 Å². The molecule has 214 valence electrons. The number of benzene rings is 6. The smallest absolute Gasteiger partial charge is 0.0598 e. The second-order valence-electron chi connectivity index (χ2n) is 10.8. The Balaban J connectivity index is 1.48. The number of nitrogens with zero attached hydrogens (tertiary/aromatic N) is 1. The van der Waals surface area contributed by atoms with Crippen LogP contribution in [0, 0.1) is 0 Å². The molecule has 5 heteroatoms. The molecule has 3 heterocycles. The quantitative estimate of drug-likeness (QED) is 0.152. The van der Waals surface area contributed by atoms with Crippen LogP contribution < -0.4 is 20.8 Å². The fourth-order valence-electron chi connectivity index (χ4n) is 6.09. The molecule has 0 saturated heterocycles. The van der Waals surface area contributed by atoms with E-state index >= 15 is 0 Å². The van der Waals surface area contributed by atoms with Crippen LogP contribution in [0.1, 0.15) is 16.7 Å². The lowest BCUT2D eigenvalue weighted by molar-refractivity contribution is 1.16. The zero-order chi connectivity index (χ0) is 29.3. The maximum absolute atomic E-state index is 2.52. The van der Waals surface area contributed by atoms with Gasteiger partial charge in [0.15, 0.2) is 0 Å². The molecule has 0 saturated carbocycles. The van der Waals surface area contributed by atoms with Gasteiger partial charge in [-0.25, -0.2) is 0 Å². The summed E-state index contributed by atoms with van der Waals surface area (Å²) in [6.45, 7) is 0. The van der Waals surface area contributed by atoms with Crippen molar-refractivity contribution in [2.75, 3.05) is 4.90 Å².